The van der Waals surface area contributed by atoms with Gasteiger partial charge in [-0.15, -0.1) is 0 Å². The van der Waals surface area contributed by atoms with Gasteiger partial charge in [-0.3, -0.25) is 9.59 Å². The number of allylic oxidation sites excluding steroid dienone is 5. The monoisotopic (exact) mass is 309 g/mol. The summed E-state index contributed by atoms with van der Waals surface area (Å²) in [5.74, 6) is -0.242. The summed E-state index contributed by atoms with van der Waals surface area (Å²) in [4.78, 5) is 23.3. The minimum absolute atomic E-state index is 0.0609. The number of aldehydes is 1. The Morgan fingerprint density at radius 3 is 2.65 bits per heavy atom. The fraction of sp³-hybridized carbons (Fsp3) is 0.111. The van der Waals surface area contributed by atoms with Crippen LogP contribution in [0.5, 0.6) is 0 Å². The lowest BCUT2D eigenvalue weighted by Crippen LogP contribution is -2.24. The van der Waals surface area contributed by atoms with Crippen molar-refractivity contribution in [3.63, 3.8) is 0 Å². The molecule has 1 aliphatic rings. The summed E-state index contributed by atoms with van der Waals surface area (Å²) in [5.41, 5.74) is 8.36. The van der Waals surface area contributed by atoms with E-state index in [1.165, 1.54) is 0 Å². The van der Waals surface area contributed by atoms with E-state index in [-0.39, 0.29) is 11.9 Å². The molecule has 1 atom stereocenters. The maximum atomic E-state index is 12.3. The minimum atomic E-state index is -0.242. The molecule has 2 rings (SSSR count). The molecular formula is C18H19N3O2. The minimum Gasteiger partial charge on any atom is -0.399 e. The number of hydrogen-bond acceptors (Lipinski definition) is 4. The third-order valence-electron chi connectivity index (χ3n) is 3.20. The molecule has 23 heavy (non-hydrogen) atoms. The van der Waals surface area contributed by atoms with Crippen molar-refractivity contribution in [2.24, 2.45) is 0 Å². The average Bonchev–Trinajstić information content (AvgIpc) is 2.58. The van der Waals surface area contributed by atoms with E-state index in [1.54, 1.807) is 42.5 Å². The van der Waals surface area contributed by atoms with Crippen molar-refractivity contribution >= 4 is 17.9 Å². The summed E-state index contributed by atoms with van der Waals surface area (Å²) in [5, 5.41) is 5.86. The van der Waals surface area contributed by atoms with E-state index in [0.29, 0.717) is 28.2 Å². The Morgan fingerprint density at radius 1 is 1.30 bits per heavy atom. The summed E-state index contributed by atoms with van der Waals surface area (Å²) >= 11 is 0. The number of amides is 1. The first kappa shape index (κ1) is 16.3. The molecular weight excluding hydrogens is 290 g/mol. The summed E-state index contributed by atoms with van der Waals surface area (Å²) in [6, 6.07) is 6.61. The Bertz CT molecular complexity index is 712. The molecule has 0 saturated heterocycles. The quantitative estimate of drug-likeness (QED) is 0.589. The molecule has 5 heteroatoms. The van der Waals surface area contributed by atoms with E-state index in [1.807, 2.05) is 13.0 Å². The zero-order valence-corrected chi connectivity index (χ0v) is 12.9. The molecule has 5 nitrogen and oxygen atoms in total. The lowest BCUT2D eigenvalue weighted by Gasteiger charge is -2.10. The van der Waals surface area contributed by atoms with E-state index < -0.39 is 0 Å². The van der Waals surface area contributed by atoms with Crippen molar-refractivity contribution in [3.8, 4) is 0 Å². The molecule has 118 valence electrons. The van der Waals surface area contributed by atoms with Crippen LogP contribution in [0.15, 0.2) is 72.1 Å². The highest BCUT2D eigenvalue weighted by Gasteiger charge is 2.08. The van der Waals surface area contributed by atoms with Crippen LogP contribution in [0.4, 0.5) is 5.69 Å². The first-order valence-corrected chi connectivity index (χ1v) is 7.17. The number of benzene rings is 1. The van der Waals surface area contributed by atoms with E-state index in [0.717, 1.165) is 6.29 Å². The third kappa shape index (κ3) is 4.71. The lowest BCUT2D eigenvalue weighted by molar-refractivity contribution is -0.105. The predicted octanol–water partition coefficient (Wildman–Crippen LogP) is 2.07. The van der Waals surface area contributed by atoms with Gasteiger partial charge in [0.2, 0.25) is 0 Å². The molecule has 0 radical (unpaired) electrons. The van der Waals surface area contributed by atoms with Crippen LogP contribution in [0.3, 0.4) is 0 Å². The van der Waals surface area contributed by atoms with Crippen molar-refractivity contribution < 1.29 is 9.59 Å². The maximum absolute atomic E-state index is 12.3. The molecule has 0 aromatic heterocycles. The van der Waals surface area contributed by atoms with E-state index in [2.05, 4.69) is 17.2 Å². The molecule has 0 saturated carbocycles. The van der Waals surface area contributed by atoms with Crippen molar-refractivity contribution in [1.29, 1.82) is 0 Å². The topological polar surface area (TPSA) is 84.2 Å². The summed E-state index contributed by atoms with van der Waals surface area (Å²) < 4.78 is 0. The Morgan fingerprint density at radius 2 is 2.00 bits per heavy atom. The van der Waals surface area contributed by atoms with Crippen molar-refractivity contribution in [1.82, 2.24) is 10.6 Å². The summed E-state index contributed by atoms with van der Waals surface area (Å²) in [6.45, 7) is 5.77. The predicted molar refractivity (Wildman–Crippen MR) is 91.4 cm³/mol. The summed E-state index contributed by atoms with van der Waals surface area (Å²) in [7, 11) is 0. The number of nitrogens with two attached hydrogens (primary N) is 1. The van der Waals surface area contributed by atoms with Crippen LogP contribution in [0.1, 0.15) is 17.3 Å². The lowest BCUT2D eigenvalue weighted by atomic mass is 10.1. The van der Waals surface area contributed by atoms with Gasteiger partial charge in [-0.1, -0.05) is 12.7 Å². The van der Waals surface area contributed by atoms with Crippen molar-refractivity contribution in [3.05, 3.63) is 77.7 Å². The number of rotatable bonds is 3. The van der Waals surface area contributed by atoms with Gasteiger partial charge < -0.3 is 16.4 Å². The number of hydrogen-bond donors (Lipinski definition) is 3. The standard InChI is InChI=1S/C18H19N3O2/c1-12-9-16(8-3-13(2)20-17(10-12)11-22)21-18(23)14-4-6-15(19)7-5-14/h3-11,13,20H,1,19H2,2H3,(H,21,23)/b8-3-,16-9+,17-10-. The molecule has 4 N–H and O–H groups in total. The molecule has 1 aliphatic heterocycles. The average molecular weight is 309 g/mol. The molecule has 1 aromatic rings. The van der Waals surface area contributed by atoms with Crippen molar-refractivity contribution in [2.45, 2.75) is 13.0 Å². The fourth-order valence-electron chi connectivity index (χ4n) is 2.07. The Balaban J connectivity index is 2.22. The molecule has 1 aromatic carbocycles. The normalized spacial score (nSPS) is 23.7. The van der Waals surface area contributed by atoms with E-state index in [4.69, 9.17) is 5.73 Å². The van der Waals surface area contributed by atoms with Crippen molar-refractivity contribution in [2.75, 3.05) is 5.73 Å². The van der Waals surface area contributed by atoms with Crippen LogP contribution in [-0.4, -0.2) is 18.2 Å². The highest BCUT2D eigenvalue weighted by Crippen LogP contribution is 2.10. The molecule has 0 aliphatic carbocycles. The van der Waals surface area contributed by atoms with Crippen LogP contribution in [0, 0.1) is 0 Å². The smallest absolute Gasteiger partial charge is 0.255 e. The number of carbonyl (C=O) groups is 2. The third-order valence-corrected chi connectivity index (χ3v) is 3.20. The van der Waals surface area contributed by atoms with Crippen LogP contribution in [0.2, 0.25) is 0 Å². The molecule has 1 heterocycles. The molecule has 0 bridgehead atoms. The largest absolute Gasteiger partial charge is 0.399 e. The van der Waals surface area contributed by atoms with Gasteiger partial charge >= 0.3 is 0 Å². The highest BCUT2D eigenvalue weighted by atomic mass is 16.1. The van der Waals surface area contributed by atoms with E-state index in [9.17, 15) is 9.59 Å². The molecule has 0 spiro atoms. The second-order valence-corrected chi connectivity index (χ2v) is 5.26. The van der Waals surface area contributed by atoms with Gasteiger partial charge in [0.15, 0.2) is 6.29 Å². The zero-order chi connectivity index (χ0) is 16.8. The van der Waals surface area contributed by atoms with Crippen LogP contribution < -0.4 is 16.4 Å². The van der Waals surface area contributed by atoms with Gasteiger partial charge in [0.25, 0.3) is 5.91 Å². The highest BCUT2D eigenvalue weighted by molar-refractivity contribution is 5.95. The van der Waals surface area contributed by atoms with Crippen LogP contribution in [-0.2, 0) is 4.79 Å². The van der Waals surface area contributed by atoms with Crippen LogP contribution >= 0.6 is 0 Å². The fourth-order valence-corrected chi connectivity index (χ4v) is 2.07. The second-order valence-electron chi connectivity index (χ2n) is 5.26. The second kappa shape index (κ2) is 7.26. The number of nitrogens with one attached hydrogen (secondary N) is 2. The molecule has 1 amide bonds. The Hall–Kier alpha value is -3.08. The Kier molecular flexibility index (Phi) is 5.15. The van der Waals surface area contributed by atoms with Crippen LogP contribution in [0.25, 0.3) is 0 Å². The Labute approximate surface area is 135 Å². The van der Waals surface area contributed by atoms with Gasteiger partial charge in [-0.25, -0.2) is 0 Å². The van der Waals surface area contributed by atoms with Gasteiger partial charge in [0.1, 0.15) is 0 Å². The zero-order valence-electron chi connectivity index (χ0n) is 12.9. The number of carbonyl (C=O) groups excluding carboxylic acids is 2. The van der Waals surface area contributed by atoms with Gasteiger partial charge in [-0.2, -0.15) is 0 Å². The summed E-state index contributed by atoms with van der Waals surface area (Å²) in [6.07, 6.45) is 7.70. The van der Waals surface area contributed by atoms with Gasteiger partial charge in [-0.05, 0) is 55.0 Å². The van der Waals surface area contributed by atoms with Gasteiger partial charge in [0, 0.05) is 23.0 Å². The van der Waals surface area contributed by atoms with Gasteiger partial charge in [0.05, 0.1) is 5.70 Å². The first-order valence-electron chi connectivity index (χ1n) is 7.17. The number of nitrogen functional groups attached to an aromatic ring is 1. The SMILES string of the molecule is C=C1/C=C(/C=O)NC(C)/C=C\C(NC(=O)c2ccc(N)cc2)=C/1. The van der Waals surface area contributed by atoms with E-state index >= 15 is 0 Å². The first-order chi connectivity index (χ1) is 11.0. The molecule has 1 unspecified atom stereocenters. The maximum Gasteiger partial charge on any atom is 0.255 e. The molecule has 0 fully saturated rings. The number of anilines is 1.